The third-order valence-corrected chi connectivity index (χ3v) is 8.99. The van der Waals surface area contributed by atoms with E-state index >= 15 is 0 Å². The molecule has 4 rings (SSSR count). The number of nitrogens with zero attached hydrogens (tertiary/aromatic N) is 2. The molecule has 0 bridgehead atoms. The lowest BCUT2D eigenvalue weighted by Crippen LogP contribution is -2.30. The minimum Gasteiger partial charge on any atom is -0.314 e. The maximum atomic E-state index is 13.6. The van der Waals surface area contributed by atoms with Crippen LogP contribution in [0, 0.1) is 0 Å². The zero-order chi connectivity index (χ0) is 26.3. The van der Waals surface area contributed by atoms with E-state index in [1.165, 1.54) is 3.97 Å². The summed E-state index contributed by atoms with van der Waals surface area (Å²) in [4.78, 5) is 14.7. The number of fused-ring (bicyclic) bond motifs is 1. The molecule has 6 nitrogen and oxygen atoms in total. The van der Waals surface area contributed by atoms with Crippen LogP contribution in [0.3, 0.4) is 0 Å². The summed E-state index contributed by atoms with van der Waals surface area (Å²) < 4.78 is 40.5. The molecule has 0 fully saturated rings. The van der Waals surface area contributed by atoms with Crippen molar-refractivity contribution in [1.29, 1.82) is 0 Å². The van der Waals surface area contributed by atoms with Crippen LogP contribution in [-0.2, 0) is 38.6 Å². The molecule has 0 aliphatic rings. The molecule has 37 heavy (non-hydrogen) atoms. The van der Waals surface area contributed by atoms with E-state index in [0.717, 1.165) is 10.9 Å². The highest BCUT2D eigenvalue weighted by molar-refractivity contribution is 7.90. The van der Waals surface area contributed by atoms with E-state index in [4.69, 9.17) is 0 Å². The molecule has 0 saturated heterocycles. The van der Waals surface area contributed by atoms with E-state index in [-0.39, 0.29) is 16.6 Å². The lowest BCUT2D eigenvalue weighted by Gasteiger charge is -2.18. The molecule has 0 N–H and O–H groups in total. The van der Waals surface area contributed by atoms with Gasteiger partial charge in [-0.05, 0) is 42.7 Å². The molecule has 1 amide bonds. The quantitative estimate of drug-likeness (QED) is 0.268. The Morgan fingerprint density at radius 3 is 2.30 bits per heavy atom. The molecule has 0 radical (unpaired) electrons. The van der Waals surface area contributed by atoms with Crippen LogP contribution in [0.25, 0.3) is 10.9 Å². The first-order valence-corrected chi connectivity index (χ1v) is 15.1. The number of aromatic nitrogens is 1. The van der Waals surface area contributed by atoms with Crippen molar-refractivity contribution in [2.45, 2.75) is 31.2 Å². The van der Waals surface area contributed by atoms with E-state index in [1.807, 2.05) is 66.7 Å². The molecule has 192 valence electrons. The Labute approximate surface area is 220 Å². The fraction of sp³-hybridized carbons (Fsp3) is 0.207. The summed E-state index contributed by atoms with van der Waals surface area (Å²) in [6.45, 7) is 2.17. The molecule has 1 unspecified atom stereocenters. The van der Waals surface area contributed by atoms with Gasteiger partial charge in [0.15, 0.2) is 0 Å². The summed E-state index contributed by atoms with van der Waals surface area (Å²) >= 11 is 0. The second-order valence-corrected chi connectivity index (χ2v) is 12.1. The number of allylic oxidation sites excluding steroid dienone is 1. The number of hydrogen-bond acceptors (Lipinski definition) is 4. The first-order valence-electron chi connectivity index (χ1n) is 12.1. The third-order valence-electron chi connectivity index (χ3n) is 5.99. The third kappa shape index (κ3) is 6.45. The monoisotopic (exact) mass is 534 g/mol. The largest absolute Gasteiger partial charge is 0.314 e. The van der Waals surface area contributed by atoms with E-state index in [2.05, 4.69) is 0 Å². The zero-order valence-corrected chi connectivity index (χ0v) is 22.3. The summed E-state index contributed by atoms with van der Waals surface area (Å²) in [6, 6.07) is 27.4. The lowest BCUT2D eigenvalue weighted by atomic mass is 10.2. The first-order chi connectivity index (χ1) is 17.9. The number of para-hydroxylation sites is 1. The Kier molecular flexibility index (Phi) is 8.74. The second kappa shape index (κ2) is 12.2. The highest BCUT2D eigenvalue weighted by atomic mass is 32.2. The number of carbonyl (C=O) groups is 1. The molecule has 1 atom stereocenters. The lowest BCUT2D eigenvalue weighted by molar-refractivity contribution is -0.126. The average molecular weight is 535 g/mol. The number of carbonyl (C=O) groups excluding carboxylic acids is 1. The van der Waals surface area contributed by atoms with Crippen LogP contribution in [-0.4, -0.2) is 38.9 Å². The maximum absolute atomic E-state index is 13.6. The van der Waals surface area contributed by atoms with Crippen molar-refractivity contribution >= 4 is 37.6 Å². The molecule has 3 aromatic carbocycles. The Balaban J connectivity index is 1.58. The van der Waals surface area contributed by atoms with Crippen molar-refractivity contribution in [2.75, 3.05) is 11.5 Å². The molecule has 1 aromatic heterocycles. The van der Waals surface area contributed by atoms with E-state index in [0.29, 0.717) is 36.3 Å². The van der Waals surface area contributed by atoms with Crippen molar-refractivity contribution in [2.24, 2.45) is 0 Å². The molecule has 0 aliphatic carbocycles. The van der Waals surface area contributed by atoms with Gasteiger partial charge in [0.2, 0.25) is 5.91 Å². The average Bonchev–Trinajstić information content (AvgIpc) is 3.30. The van der Waals surface area contributed by atoms with Gasteiger partial charge < -0.3 is 4.90 Å². The van der Waals surface area contributed by atoms with Gasteiger partial charge in [0.05, 0.1) is 17.0 Å². The van der Waals surface area contributed by atoms with Crippen molar-refractivity contribution in [3.8, 4) is 0 Å². The maximum Gasteiger partial charge on any atom is 0.268 e. The zero-order valence-electron chi connectivity index (χ0n) is 20.7. The molecular formula is C29H30N2O4S2. The predicted octanol–water partition coefficient (Wildman–Crippen LogP) is 5.12. The predicted molar refractivity (Wildman–Crippen MR) is 149 cm³/mol. The highest BCUT2D eigenvalue weighted by Crippen LogP contribution is 2.26. The van der Waals surface area contributed by atoms with Gasteiger partial charge in [0, 0.05) is 33.8 Å². The molecule has 0 aliphatic heterocycles. The van der Waals surface area contributed by atoms with Crippen LogP contribution in [0.5, 0.6) is 0 Å². The smallest absolute Gasteiger partial charge is 0.268 e. The van der Waals surface area contributed by atoms with Crippen LogP contribution >= 0.6 is 0 Å². The van der Waals surface area contributed by atoms with Gasteiger partial charge >= 0.3 is 0 Å². The van der Waals surface area contributed by atoms with E-state index in [1.54, 1.807) is 48.4 Å². The summed E-state index contributed by atoms with van der Waals surface area (Å²) in [5.41, 5.74) is 2.27. The summed E-state index contributed by atoms with van der Waals surface area (Å²) in [7, 11) is -4.99. The van der Waals surface area contributed by atoms with Gasteiger partial charge in [0.1, 0.15) is 5.75 Å². The Bertz CT molecular complexity index is 1510. The van der Waals surface area contributed by atoms with Crippen molar-refractivity contribution < 1.29 is 17.4 Å². The van der Waals surface area contributed by atoms with Gasteiger partial charge in [-0.15, -0.1) is 0 Å². The van der Waals surface area contributed by atoms with Crippen LogP contribution in [0.15, 0.2) is 108 Å². The minimum absolute atomic E-state index is 0.0305. The second-order valence-electron chi connectivity index (χ2n) is 8.58. The van der Waals surface area contributed by atoms with Crippen molar-refractivity contribution in [3.05, 3.63) is 115 Å². The van der Waals surface area contributed by atoms with E-state index in [9.17, 15) is 17.4 Å². The Morgan fingerprint density at radius 1 is 0.946 bits per heavy atom. The van der Waals surface area contributed by atoms with Gasteiger partial charge in [-0.1, -0.05) is 79.7 Å². The number of rotatable bonds is 11. The Hall–Kier alpha value is -3.49. The van der Waals surface area contributed by atoms with Gasteiger partial charge in [-0.25, -0.2) is 12.4 Å². The van der Waals surface area contributed by atoms with Crippen molar-refractivity contribution in [1.82, 2.24) is 8.87 Å². The molecule has 0 spiro atoms. The number of amides is 1. The van der Waals surface area contributed by atoms with Gasteiger partial charge in [-0.2, -0.15) is 0 Å². The molecular weight excluding hydrogens is 504 g/mol. The highest BCUT2D eigenvalue weighted by Gasteiger charge is 2.22. The topological polar surface area (TPSA) is 76.5 Å². The molecule has 0 saturated carbocycles. The fourth-order valence-electron chi connectivity index (χ4n) is 4.10. The van der Waals surface area contributed by atoms with E-state index < -0.39 is 20.8 Å². The van der Waals surface area contributed by atoms with Gasteiger partial charge in [-0.3, -0.25) is 9.00 Å². The summed E-state index contributed by atoms with van der Waals surface area (Å²) in [5.74, 6) is 0.188. The first kappa shape index (κ1) is 26.6. The standard InChI is InChI=1S/C29H30N2O4S2/c1-2-36(33)23-29(32)30(22-24-13-5-3-6-14-24)20-12-11-16-26-21-25-15-9-10-19-28(25)31(26)37(34,35)27-17-7-4-8-18-27/h3-10,12-15,17-21H,2,11,16,22-23H2,1H3/b20-12-. The Morgan fingerprint density at radius 2 is 1.59 bits per heavy atom. The minimum atomic E-state index is -3.78. The number of benzene rings is 3. The summed E-state index contributed by atoms with van der Waals surface area (Å²) in [5, 5.41) is 0.851. The SMILES string of the molecule is CCS(=O)CC(=O)N(/C=C\CCc1cc2ccccc2n1S(=O)(=O)c1ccccc1)Cc1ccccc1. The molecule has 1 heterocycles. The van der Waals surface area contributed by atoms with Crippen LogP contribution in [0.2, 0.25) is 0 Å². The van der Waals surface area contributed by atoms with Crippen LogP contribution in [0.1, 0.15) is 24.6 Å². The normalized spacial score (nSPS) is 12.7. The molecule has 4 aromatic rings. The molecule has 8 heteroatoms. The van der Waals surface area contributed by atoms with Gasteiger partial charge in [0.25, 0.3) is 10.0 Å². The fourth-order valence-corrected chi connectivity index (χ4v) is 6.34. The van der Waals surface area contributed by atoms with Crippen molar-refractivity contribution in [3.63, 3.8) is 0 Å². The number of hydrogen-bond donors (Lipinski definition) is 0. The van der Waals surface area contributed by atoms with Crippen LogP contribution < -0.4 is 0 Å². The number of aryl methyl sites for hydroxylation is 1. The van der Waals surface area contributed by atoms with Crippen LogP contribution in [0.4, 0.5) is 0 Å². The summed E-state index contributed by atoms with van der Waals surface area (Å²) in [6.07, 6.45) is 4.58.